The Hall–Kier alpha value is -3.61. The zero-order valence-electron chi connectivity index (χ0n) is 23.3. The number of carbonyl (C=O) groups is 2. The topological polar surface area (TPSA) is 65.1 Å². The third kappa shape index (κ3) is 8.24. The molecule has 1 heterocycles. The second kappa shape index (κ2) is 12.3. The maximum atomic E-state index is 13.8. The van der Waals surface area contributed by atoms with Crippen molar-refractivity contribution in [3.8, 4) is 0 Å². The largest absolute Gasteiger partial charge is 0.466 e. The van der Waals surface area contributed by atoms with Crippen LogP contribution < -0.4 is 0 Å². The van der Waals surface area contributed by atoms with E-state index in [1.807, 2.05) is 0 Å². The Morgan fingerprint density at radius 2 is 1.50 bits per heavy atom. The minimum absolute atomic E-state index is 0.0188. The zero-order chi connectivity index (χ0) is 31.6. The fraction of sp³-hybridized carbons (Fsp3) is 0.448. The Morgan fingerprint density at radius 3 is 1.98 bits per heavy atom. The molecule has 0 aliphatic carbocycles. The van der Waals surface area contributed by atoms with Crippen molar-refractivity contribution in [1.29, 1.82) is 0 Å². The van der Waals surface area contributed by atoms with Crippen molar-refractivity contribution in [2.24, 2.45) is 0 Å². The summed E-state index contributed by atoms with van der Waals surface area (Å²) in [6.07, 6.45) is -10.9. The number of halogens is 7. The molecule has 1 aliphatic heterocycles. The highest BCUT2D eigenvalue weighted by Crippen LogP contribution is 2.42. The summed E-state index contributed by atoms with van der Waals surface area (Å²) in [4.78, 5) is 26.4. The predicted octanol–water partition coefficient (Wildman–Crippen LogP) is 7.44. The lowest BCUT2D eigenvalue weighted by atomic mass is 9.89. The lowest BCUT2D eigenvalue weighted by Crippen LogP contribution is -2.40. The van der Waals surface area contributed by atoms with Crippen molar-refractivity contribution in [2.45, 2.75) is 69.8 Å². The summed E-state index contributed by atoms with van der Waals surface area (Å²) in [7, 11) is 1.14. The summed E-state index contributed by atoms with van der Waals surface area (Å²) in [6.45, 7) is 5.94. The highest BCUT2D eigenvalue weighted by atomic mass is 19.4. The maximum absolute atomic E-state index is 13.8. The van der Waals surface area contributed by atoms with Gasteiger partial charge in [0.1, 0.15) is 11.4 Å². The molecule has 0 bridgehead atoms. The number of hydrogen-bond acceptors (Lipinski definition) is 5. The number of methoxy groups -OCH3 is 1. The van der Waals surface area contributed by atoms with Crippen molar-refractivity contribution in [2.75, 3.05) is 13.7 Å². The molecule has 230 valence electrons. The molecule has 1 amide bonds. The summed E-state index contributed by atoms with van der Waals surface area (Å²) in [6, 6.07) is 5.32. The van der Waals surface area contributed by atoms with Crippen molar-refractivity contribution in [3.63, 3.8) is 0 Å². The first-order chi connectivity index (χ1) is 19.3. The zero-order valence-corrected chi connectivity index (χ0v) is 23.3. The molecule has 4 atom stereocenters. The number of carbonyl (C=O) groups excluding carboxylic acids is 2. The summed E-state index contributed by atoms with van der Waals surface area (Å²) in [5.74, 6) is -2.16. The van der Waals surface area contributed by atoms with E-state index in [0.29, 0.717) is 17.7 Å². The Bertz CT molecular complexity index is 1270. The van der Waals surface area contributed by atoms with Crippen LogP contribution in [0, 0.1) is 5.82 Å². The van der Waals surface area contributed by atoms with Gasteiger partial charge in [-0.3, -0.25) is 4.90 Å². The Labute approximate surface area is 238 Å². The summed E-state index contributed by atoms with van der Waals surface area (Å²) < 4.78 is 111. The molecule has 42 heavy (non-hydrogen) atoms. The van der Waals surface area contributed by atoms with E-state index in [2.05, 4.69) is 4.74 Å². The van der Waals surface area contributed by atoms with Crippen LogP contribution >= 0.6 is 0 Å². The van der Waals surface area contributed by atoms with Crippen molar-refractivity contribution >= 4 is 12.1 Å². The van der Waals surface area contributed by atoms with Crippen molar-refractivity contribution in [1.82, 2.24) is 4.90 Å². The van der Waals surface area contributed by atoms with Crippen LogP contribution in [0.3, 0.4) is 0 Å². The molecule has 0 saturated carbocycles. The molecule has 2 aromatic rings. The van der Waals surface area contributed by atoms with Gasteiger partial charge in [0.25, 0.3) is 0 Å². The van der Waals surface area contributed by atoms with E-state index < -0.39 is 76.7 Å². The molecule has 0 spiro atoms. The normalized spacial score (nSPS) is 20.6. The number of nitrogens with zero attached hydrogens (tertiary/aromatic N) is 1. The summed E-state index contributed by atoms with van der Waals surface area (Å²) in [5.41, 5.74) is -3.90. The van der Waals surface area contributed by atoms with Crippen molar-refractivity contribution < 1.29 is 54.5 Å². The highest BCUT2D eigenvalue weighted by molar-refractivity contribution is 5.82. The van der Waals surface area contributed by atoms with Gasteiger partial charge in [-0.1, -0.05) is 18.2 Å². The first-order valence-corrected chi connectivity index (χ1v) is 12.8. The second-order valence-corrected chi connectivity index (χ2v) is 10.7. The van der Waals surface area contributed by atoms with Crippen molar-refractivity contribution in [3.05, 3.63) is 82.7 Å². The molecule has 1 aliphatic rings. The highest BCUT2D eigenvalue weighted by Gasteiger charge is 2.47. The molecular formula is C29H30F7NO5. The van der Waals surface area contributed by atoms with E-state index in [0.717, 1.165) is 25.3 Å². The van der Waals surface area contributed by atoms with Crippen LogP contribution in [-0.4, -0.2) is 48.4 Å². The van der Waals surface area contributed by atoms with Gasteiger partial charge in [-0.15, -0.1) is 0 Å². The molecule has 2 aromatic carbocycles. The van der Waals surface area contributed by atoms with Gasteiger partial charge in [-0.05, 0) is 69.2 Å². The molecule has 0 aromatic heterocycles. The SMILES string of the molecule is COC(=O)C=C[C@H]1[C@H](c2ccc(F)cc2)[C@@H](O[C@H](C)c2cc(C(F)(F)F)cc(C(F)(F)F)c2)CN1C(=O)OC(C)(C)C. The summed E-state index contributed by atoms with van der Waals surface area (Å²) in [5, 5.41) is 0. The third-order valence-corrected chi connectivity index (χ3v) is 6.48. The molecule has 3 rings (SSSR count). The second-order valence-electron chi connectivity index (χ2n) is 10.7. The first kappa shape index (κ1) is 32.9. The first-order valence-electron chi connectivity index (χ1n) is 12.8. The third-order valence-electron chi connectivity index (χ3n) is 6.48. The van der Waals surface area contributed by atoms with Crippen LogP contribution in [0.2, 0.25) is 0 Å². The monoisotopic (exact) mass is 605 g/mol. The minimum Gasteiger partial charge on any atom is -0.466 e. The van der Waals surface area contributed by atoms with Gasteiger partial charge in [0.2, 0.25) is 0 Å². The minimum atomic E-state index is -5.06. The molecule has 6 nitrogen and oxygen atoms in total. The van der Waals surface area contributed by atoms with Crippen LogP contribution in [0.5, 0.6) is 0 Å². The van der Waals surface area contributed by atoms with Gasteiger partial charge in [0, 0.05) is 12.0 Å². The Kier molecular flexibility index (Phi) is 9.65. The molecular weight excluding hydrogens is 575 g/mol. The number of rotatable bonds is 6. The van der Waals surface area contributed by atoms with Crippen LogP contribution in [0.1, 0.15) is 62.0 Å². The molecule has 0 unspecified atom stereocenters. The standard InChI is InChI=1S/C29H30F7NO5/c1-16(18-12-19(28(31,32)33)14-20(13-18)29(34,35)36)41-23-15-37(26(39)42-27(2,3)4)22(10-11-24(38)40-5)25(23)17-6-8-21(30)9-7-17/h6-14,16,22-23,25H,15H2,1-5H3/t16-,22+,23+,25+/m1/s1. The van der Waals surface area contributed by atoms with E-state index in [4.69, 9.17) is 9.47 Å². The van der Waals surface area contributed by atoms with Gasteiger partial charge in [0.05, 0.1) is 43.0 Å². The number of alkyl halides is 6. The quantitative estimate of drug-likeness (QED) is 0.195. The van der Waals surface area contributed by atoms with E-state index in [-0.39, 0.29) is 12.6 Å². The van der Waals surface area contributed by atoms with E-state index in [9.17, 15) is 40.3 Å². The number of benzene rings is 2. The smallest absolute Gasteiger partial charge is 0.416 e. The Morgan fingerprint density at radius 1 is 0.952 bits per heavy atom. The molecule has 13 heteroatoms. The van der Waals surface area contributed by atoms with E-state index in [1.54, 1.807) is 20.8 Å². The fourth-order valence-electron chi connectivity index (χ4n) is 4.61. The maximum Gasteiger partial charge on any atom is 0.416 e. The molecule has 0 N–H and O–H groups in total. The van der Waals surface area contributed by atoms with E-state index in [1.165, 1.54) is 30.0 Å². The number of esters is 1. The lowest BCUT2D eigenvalue weighted by Gasteiger charge is -2.29. The van der Waals surface area contributed by atoms with Gasteiger partial charge < -0.3 is 14.2 Å². The molecule has 1 fully saturated rings. The van der Waals surface area contributed by atoms with Crippen LogP contribution in [-0.2, 0) is 31.4 Å². The van der Waals surface area contributed by atoms with Gasteiger partial charge >= 0.3 is 24.4 Å². The van der Waals surface area contributed by atoms with Crippen LogP contribution in [0.4, 0.5) is 35.5 Å². The number of amides is 1. The van der Waals surface area contributed by atoms with E-state index >= 15 is 0 Å². The number of ether oxygens (including phenoxy) is 3. The number of likely N-dealkylation sites (tertiary alicyclic amines) is 1. The number of hydrogen-bond donors (Lipinski definition) is 0. The lowest BCUT2D eigenvalue weighted by molar-refractivity contribution is -0.143. The average molecular weight is 606 g/mol. The van der Waals surface area contributed by atoms with Crippen LogP contribution in [0.15, 0.2) is 54.6 Å². The fourth-order valence-corrected chi connectivity index (χ4v) is 4.61. The average Bonchev–Trinajstić information content (AvgIpc) is 3.23. The van der Waals surface area contributed by atoms with Gasteiger partial charge in [-0.2, -0.15) is 26.3 Å². The predicted molar refractivity (Wildman–Crippen MR) is 137 cm³/mol. The Balaban J connectivity index is 2.09. The molecule has 0 radical (unpaired) electrons. The van der Waals surface area contributed by atoms with Gasteiger partial charge in [0.15, 0.2) is 0 Å². The van der Waals surface area contributed by atoms with Gasteiger partial charge in [-0.25, -0.2) is 14.0 Å². The summed E-state index contributed by atoms with van der Waals surface area (Å²) >= 11 is 0. The van der Waals surface area contributed by atoms with Crippen LogP contribution in [0.25, 0.3) is 0 Å². The molecule has 1 saturated heterocycles.